The van der Waals surface area contributed by atoms with Gasteiger partial charge < -0.3 is 14.8 Å². The number of benzene rings is 2. The molecule has 2 aromatic carbocycles. The maximum absolute atomic E-state index is 12.9. The fraction of sp³-hybridized carbons (Fsp3) is 0.208. The van der Waals surface area contributed by atoms with Crippen LogP contribution >= 0.6 is 0 Å². The molecule has 0 aliphatic carbocycles. The van der Waals surface area contributed by atoms with Crippen LogP contribution < -0.4 is 20.1 Å². The van der Waals surface area contributed by atoms with Crippen LogP contribution in [0.25, 0.3) is 0 Å². The molecule has 3 aromatic rings. The molecular weight excluding hydrogens is 392 g/mol. The van der Waals surface area contributed by atoms with Crippen molar-refractivity contribution in [2.24, 2.45) is 4.99 Å². The third-order valence-corrected chi connectivity index (χ3v) is 4.83. The highest BCUT2D eigenvalue weighted by Crippen LogP contribution is 2.32. The molecule has 7 heteroatoms. The van der Waals surface area contributed by atoms with Crippen molar-refractivity contribution in [3.8, 4) is 11.5 Å². The lowest BCUT2D eigenvalue weighted by Crippen LogP contribution is -2.36. The average molecular weight is 416 g/mol. The lowest BCUT2D eigenvalue weighted by atomic mass is 10.0. The second-order valence-electron chi connectivity index (χ2n) is 7.45. The molecule has 0 saturated carbocycles. The SMILES string of the molecule is CC(C)c1cccc(NC(=NCc2cccnc2)NC(=O)c2ccc3c(c2)OCO3)c1. The number of fused-ring (bicyclic) bond motifs is 1. The van der Waals surface area contributed by atoms with Crippen molar-refractivity contribution in [3.63, 3.8) is 0 Å². The number of amides is 1. The van der Waals surface area contributed by atoms with E-state index in [1.165, 1.54) is 5.56 Å². The van der Waals surface area contributed by atoms with E-state index in [0.29, 0.717) is 35.5 Å². The van der Waals surface area contributed by atoms with Gasteiger partial charge in [0.05, 0.1) is 6.54 Å². The van der Waals surface area contributed by atoms with E-state index < -0.39 is 0 Å². The van der Waals surface area contributed by atoms with E-state index in [1.807, 2.05) is 24.3 Å². The van der Waals surface area contributed by atoms with Gasteiger partial charge in [0, 0.05) is 23.6 Å². The zero-order valence-electron chi connectivity index (χ0n) is 17.5. The molecule has 0 unspecified atom stereocenters. The standard InChI is InChI=1S/C24H24N4O3/c1-16(2)18-6-3-7-20(11-18)27-24(26-14-17-5-4-10-25-13-17)28-23(29)19-8-9-21-22(12-19)31-15-30-21/h3-13,16H,14-15H2,1-2H3,(H2,26,27,28,29). The number of anilines is 1. The van der Waals surface area contributed by atoms with Crippen molar-refractivity contribution in [1.82, 2.24) is 10.3 Å². The number of pyridine rings is 1. The predicted molar refractivity (Wildman–Crippen MR) is 120 cm³/mol. The van der Waals surface area contributed by atoms with Gasteiger partial charge in [-0.2, -0.15) is 0 Å². The zero-order valence-corrected chi connectivity index (χ0v) is 17.5. The van der Waals surface area contributed by atoms with Crippen LogP contribution in [0.2, 0.25) is 0 Å². The van der Waals surface area contributed by atoms with Crippen molar-refractivity contribution < 1.29 is 14.3 Å². The minimum atomic E-state index is -0.296. The summed E-state index contributed by atoms with van der Waals surface area (Å²) in [7, 11) is 0. The van der Waals surface area contributed by atoms with Gasteiger partial charge in [0.2, 0.25) is 12.8 Å². The average Bonchev–Trinajstić information content (AvgIpc) is 3.26. The summed E-state index contributed by atoms with van der Waals surface area (Å²) in [5.74, 6) is 1.63. The number of nitrogens with one attached hydrogen (secondary N) is 2. The summed E-state index contributed by atoms with van der Waals surface area (Å²) in [5.41, 5.74) is 3.44. The van der Waals surface area contributed by atoms with E-state index in [2.05, 4.69) is 46.6 Å². The normalized spacial score (nSPS) is 12.7. The van der Waals surface area contributed by atoms with Crippen LogP contribution in [0.5, 0.6) is 11.5 Å². The Balaban J connectivity index is 1.55. The van der Waals surface area contributed by atoms with E-state index in [0.717, 1.165) is 11.3 Å². The van der Waals surface area contributed by atoms with E-state index in [1.54, 1.807) is 30.6 Å². The maximum Gasteiger partial charge on any atom is 0.258 e. The van der Waals surface area contributed by atoms with Crippen molar-refractivity contribution in [1.29, 1.82) is 0 Å². The van der Waals surface area contributed by atoms with Crippen LogP contribution in [0.4, 0.5) is 5.69 Å². The lowest BCUT2D eigenvalue weighted by molar-refractivity contribution is 0.0976. The number of hydrogen-bond donors (Lipinski definition) is 2. The Hall–Kier alpha value is -3.87. The minimum Gasteiger partial charge on any atom is -0.454 e. The Bertz CT molecular complexity index is 1100. The fourth-order valence-electron chi connectivity index (χ4n) is 3.10. The molecule has 7 nitrogen and oxygen atoms in total. The number of carbonyl (C=O) groups excluding carboxylic acids is 1. The van der Waals surface area contributed by atoms with Crippen LogP contribution in [0.3, 0.4) is 0 Å². The molecule has 0 spiro atoms. The molecule has 31 heavy (non-hydrogen) atoms. The van der Waals surface area contributed by atoms with Gasteiger partial charge in [-0.15, -0.1) is 0 Å². The Morgan fingerprint density at radius 1 is 1.10 bits per heavy atom. The zero-order chi connectivity index (χ0) is 21.6. The predicted octanol–water partition coefficient (Wildman–Crippen LogP) is 4.33. The van der Waals surface area contributed by atoms with Gasteiger partial charge in [0.25, 0.3) is 5.91 Å². The number of carbonyl (C=O) groups is 1. The first-order valence-electron chi connectivity index (χ1n) is 10.1. The first-order valence-corrected chi connectivity index (χ1v) is 10.1. The van der Waals surface area contributed by atoms with Gasteiger partial charge in [-0.25, -0.2) is 4.99 Å². The molecule has 2 N–H and O–H groups in total. The molecule has 1 aromatic heterocycles. The second-order valence-corrected chi connectivity index (χ2v) is 7.45. The van der Waals surface area contributed by atoms with Crippen LogP contribution in [0.1, 0.15) is 41.3 Å². The molecular formula is C24H24N4O3. The van der Waals surface area contributed by atoms with Gasteiger partial charge >= 0.3 is 0 Å². The molecule has 158 valence electrons. The first-order chi connectivity index (χ1) is 15.1. The molecule has 2 heterocycles. The number of rotatable bonds is 5. The van der Waals surface area contributed by atoms with Gasteiger partial charge in [0.1, 0.15) is 0 Å². The largest absolute Gasteiger partial charge is 0.454 e. The second kappa shape index (κ2) is 9.30. The van der Waals surface area contributed by atoms with Crippen molar-refractivity contribution in [2.45, 2.75) is 26.3 Å². The number of aromatic nitrogens is 1. The summed E-state index contributed by atoms with van der Waals surface area (Å²) in [6.07, 6.45) is 3.46. The molecule has 0 atom stereocenters. The number of hydrogen-bond acceptors (Lipinski definition) is 5. The summed E-state index contributed by atoms with van der Waals surface area (Å²) < 4.78 is 10.7. The molecule has 0 fully saturated rings. The van der Waals surface area contributed by atoms with Crippen molar-refractivity contribution in [3.05, 3.63) is 83.7 Å². The van der Waals surface area contributed by atoms with Crippen LogP contribution in [-0.2, 0) is 6.54 Å². The Kier molecular flexibility index (Phi) is 6.12. The summed E-state index contributed by atoms with van der Waals surface area (Å²) >= 11 is 0. The fourth-order valence-corrected chi connectivity index (χ4v) is 3.10. The Labute approximate surface area is 181 Å². The van der Waals surface area contributed by atoms with E-state index in [-0.39, 0.29) is 12.7 Å². The van der Waals surface area contributed by atoms with E-state index in [4.69, 9.17) is 9.47 Å². The third-order valence-electron chi connectivity index (χ3n) is 4.83. The number of nitrogens with zero attached hydrogens (tertiary/aromatic N) is 2. The van der Waals surface area contributed by atoms with Gasteiger partial charge in [0.15, 0.2) is 11.5 Å². The van der Waals surface area contributed by atoms with Gasteiger partial charge in [-0.1, -0.05) is 32.0 Å². The molecule has 0 bridgehead atoms. The number of ether oxygens (including phenoxy) is 2. The lowest BCUT2D eigenvalue weighted by Gasteiger charge is -2.14. The highest BCUT2D eigenvalue weighted by Gasteiger charge is 2.17. The van der Waals surface area contributed by atoms with Gasteiger partial charge in [-0.05, 0) is 53.4 Å². The van der Waals surface area contributed by atoms with E-state index >= 15 is 0 Å². The summed E-state index contributed by atoms with van der Waals surface area (Å²) in [4.78, 5) is 21.6. The molecule has 0 radical (unpaired) electrons. The number of guanidine groups is 1. The monoisotopic (exact) mass is 416 g/mol. The molecule has 1 aliphatic rings. The van der Waals surface area contributed by atoms with Crippen LogP contribution in [0, 0.1) is 0 Å². The third kappa shape index (κ3) is 5.19. The highest BCUT2D eigenvalue weighted by atomic mass is 16.7. The van der Waals surface area contributed by atoms with Crippen molar-refractivity contribution >= 4 is 17.6 Å². The molecule has 1 aliphatic heterocycles. The molecule has 4 rings (SSSR count). The van der Waals surface area contributed by atoms with E-state index in [9.17, 15) is 4.79 Å². The first kappa shape index (κ1) is 20.4. The minimum absolute atomic E-state index is 0.159. The van der Waals surface area contributed by atoms with Crippen LogP contribution in [-0.4, -0.2) is 23.6 Å². The van der Waals surface area contributed by atoms with Crippen molar-refractivity contribution in [2.75, 3.05) is 12.1 Å². The Morgan fingerprint density at radius 2 is 1.97 bits per heavy atom. The highest BCUT2D eigenvalue weighted by molar-refractivity contribution is 6.10. The maximum atomic E-state index is 12.9. The summed E-state index contributed by atoms with van der Waals surface area (Å²) in [5, 5.41) is 6.11. The smallest absolute Gasteiger partial charge is 0.258 e. The topological polar surface area (TPSA) is 84.8 Å². The molecule has 1 amide bonds. The number of aliphatic imine (C=N–C) groups is 1. The van der Waals surface area contributed by atoms with Crippen LogP contribution in [0.15, 0.2) is 72.0 Å². The summed E-state index contributed by atoms with van der Waals surface area (Å²) in [6.45, 7) is 4.81. The van der Waals surface area contributed by atoms with Gasteiger partial charge in [-0.3, -0.25) is 15.1 Å². The summed E-state index contributed by atoms with van der Waals surface area (Å²) in [6, 6.07) is 16.9. The Morgan fingerprint density at radius 3 is 2.77 bits per heavy atom. The quantitative estimate of drug-likeness (QED) is 0.478. The molecule has 0 saturated heterocycles.